The van der Waals surface area contributed by atoms with Gasteiger partial charge in [0.15, 0.2) is 8.07 Å². The topological polar surface area (TPSA) is 27.7 Å². The van der Waals surface area contributed by atoms with E-state index in [9.17, 15) is 0 Å². The predicted molar refractivity (Wildman–Crippen MR) is 173 cm³/mol. The summed E-state index contributed by atoms with van der Waals surface area (Å²) in [5.74, 6) is 2.91. The van der Waals surface area contributed by atoms with Gasteiger partial charge in [-0.15, -0.1) is 0 Å². The van der Waals surface area contributed by atoms with E-state index in [1.165, 1.54) is 54.5 Å². The van der Waals surface area contributed by atoms with Gasteiger partial charge in [0, 0.05) is 5.54 Å². The highest BCUT2D eigenvalue weighted by molar-refractivity contribution is 7.14. The van der Waals surface area contributed by atoms with E-state index in [4.69, 9.17) is 14.2 Å². The maximum absolute atomic E-state index is 6.08. The second-order valence-corrected chi connectivity index (χ2v) is 15.4. The molecule has 0 radical (unpaired) electrons. The minimum absolute atomic E-state index is 0.232. The van der Waals surface area contributed by atoms with E-state index in [0.29, 0.717) is 0 Å². The smallest absolute Gasteiger partial charge is 0.160 e. The summed E-state index contributed by atoms with van der Waals surface area (Å²) in [6, 6.07) is 13.9. The second kappa shape index (κ2) is 11.0. The quantitative estimate of drug-likeness (QED) is 0.231. The zero-order valence-corrected chi connectivity index (χ0v) is 27.8. The summed E-state index contributed by atoms with van der Waals surface area (Å²) in [6.07, 6.45) is 0. The highest BCUT2D eigenvalue weighted by Crippen LogP contribution is 2.48. The van der Waals surface area contributed by atoms with Crippen molar-refractivity contribution in [2.75, 3.05) is 21.3 Å². The average molecular weight is 555 g/mol. The average Bonchev–Trinajstić information content (AvgIpc) is 3.10. The zero-order valence-electron chi connectivity index (χ0n) is 26.8. The molecular formula is C36H46O3Si. The predicted octanol–water partition coefficient (Wildman–Crippen LogP) is 7.09. The van der Waals surface area contributed by atoms with Crippen LogP contribution in [0.5, 0.6) is 17.2 Å². The lowest BCUT2D eigenvalue weighted by molar-refractivity contribution is 0.409. The SMILES string of the molecule is COc1c(C)ccc([Si](c2ccc(C)c(OC)c2C)(c2ccc(C)c(OC)c2C)C2C(C)=C(C)C(C)=C2C)c1C. The standard InChI is InChI=1S/C36H46O3Si/c1-20-14-17-30(27(8)33(20)37-11)40(36-25(6)23(4)24(5)26(36)7,31-18-15-21(2)34(38-12)28(31)9)32-19-16-22(3)35(39-13)29(32)10/h14-19,36H,1-13H3. The summed E-state index contributed by atoms with van der Waals surface area (Å²) in [6.45, 7) is 22.4. The van der Waals surface area contributed by atoms with Crippen molar-refractivity contribution in [1.82, 2.24) is 0 Å². The van der Waals surface area contributed by atoms with Gasteiger partial charge in [0.2, 0.25) is 0 Å². The fourth-order valence-electron chi connectivity index (χ4n) is 7.61. The molecule has 0 heterocycles. The van der Waals surface area contributed by atoms with Crippen LogP contribution in [0.3, 0.4) is 0 Å². The van der Waals surface area contributed by atoms with E-state index in [-0.39, 0.29) is 5.54 Å². The minimum Gasteiger partial charge on any atom is -0.496 e. The minimum atomic E-state index is -2.90. The number of aryl methyl sites for hydroxylation is 3. The van der Waals surface area contributed by atoms with Crippen molar-refractivity contribution < 1.29 is 14.2 Å². The monoisotopic (exact) mass is 554 g/mol. The van der Waals surface area contributed by atoms with Gasteiger partial charge >= 0.3 is 0 Å². The molecule has 3 aromatic rings. The van der Waals surface area contributed by atoms with Crippen molar-refractivity contribution in [3.63, 3.8) is 0 Å². The molecule has 0 atom stereocenters. The van der Waals surface area contributed by atoms with E-state index in [1.807, 2.05) is 0 Å². The van der Waals surface area contributed by atoms with Gasteiger partial charge in [0.05, 0.1) is 21.3 Å². The molecule has 4 rings (SSSR count). The highest BCUT2D eigenvalue weighted by atomic mass is 28.3. The van der Waals surface area contributed by atoms with Gasteiger partial charge in [-0.3, -0.25) is 0 Å². The van der Waals surface area contributed by atoms with Gasteiger partial charge in [-0.2, -0.15) is 0 Å². The Morgan fingerprint density at radius 3 is 0.975 bits per heavy atom. The first-order chi connectivity index (χ1) is 18.9. The molecule has 0 bridgehead atoms. The fraction of sp³-hybridized carbons (Fsp3) is 0.389. The maximum Gasteiger partial charge on any atom is 0.160 e. The number of hydrogen-bond donors (Lipinski definition) is 0. The van der Waals surface area contributed by atoms with Crippen molar-refractivity contribution in [2.45, 2.75) is 74.8 Å². The Morgan fingerprint density at radius 1 is 0.450 bits per heavy atom. The summed E-state index contributed by atoms with van der Waals surface area (Å²) >= 11 is 0. The van der Waals surface area contributed by atoms with Crippen LogP contribution in [-0.4, -0.2) is 29.4 Å². The van der Waals surface area contributed by atoms with E-state index in [2.05, 4.69) is 106 Å². The lowest BCUT2D eigenvalue weighted by atomic mass is 10.1. The summed E-state index contributed by atoms with van der Waals surface area (Å²) in [7, 11) is 2.48. The molecule has 3 aromatic carbocycles. The van der Waals surface area contributed by atoms with Crippen LogP contribution in [-0.2, 0) is 0 Å². The second-order valence-electron chi connectivity index (χ2n) is 11.6. The summed E-state index contributed by atoms with van der Waals surface area (Å²) in [5, 5.41) is 4.14. The Labute approximate surface area is 242 Å². The number of ether oxygens (including phenoxy) is 3. The largest absolute Gasteiger partial charge is 0.496 e. The van der Waals surface area contributed by atoms with Crippen molar-refractivity contribution >= 4 is 23.6 Å². The molecule has 0 N–H and O–H groups in total. The Kier molecular flexibility index (Phi) is 8.15. The van der Waals surface area contributed by atoms with Gasteiger partial charge < -0.3 is 14.2 Å². The van der Waals surface area contributed by atoms with E-state index in [0.717, 1.165) is 33.9 Å². The van der Waals surface area contributed by atoms with Crippen LogP contribution >= 0.6 is 0 Å². The van der Waals surface area contributed by atoms with Crippen molar-refractivity contribution in [3.8, 4) is 17.2 Å². The lowest BCUT2D eigenvalue weighted by Gasteiger charge is -2.44. The molecule has 0 unspecified atom stereocenters. The van der Waals surface area contributed by atoms with Gasteiger partial charge in [-0.1, -0.05) is 47.5 Å². The Bertz CT molecular complexity index is 1390. The third-order valence-electron chi connectivity index (χ3n) is 9.74. The molecule has 3 nitrogen and oxygen atoms in total. The van der Waals surface area contributed by atoms with E-state index in [1.54, 1.807) is 21.3 Å². The molecular weight excluding hydrogens is 508 g/mol. The number of methoxy groups -OCH3 is 3. The number of benzene rings is 3. The van der Waals surface area contributed by atoms with E-state index >= 15 is 0 Å². The van der Waals surface area contributed by atoms with Crippen LogP contribution < -0.4 is 29.8 Å². The number of hydrogen-bond acceptors (Lipinski definition) is 3. The fourth-order valence-corrected chi connectivity index (χ4v) is 14.3. The Balaban J connectivity index is 2.39. The van der Waals surface area contributed by atoms with Crippen LogP contribution in [0.4, 0.5) is 0 Å². The molecule has 0 spiro atoms. The Morgan fingerprint density at radius 2 is 0.725 bits per heavy atom. The van der Waals surface area contributed by atoms with Crippen molar-refractivity contribution in [2.24, 2.45) is 0 Å². The summed E-state index contributed by atoms with van der Waals surface area (Å²) in [4.78, 5) is 0. The molecule has 0 saturated heterocycles. The van der Waals surface area contributed by atoms with Crippen LogP contribution in [0.1, 0.15) is 61.1 Å². The van der Waals surface area contributed by atoms with Gasteiger partial charge in [0.1, 0.15) is 17.2 Å². The molecule has 1 aliphatic carbocycles. The van der Waals surface area contributed by atoms with Gasteiger partial charge in [-0.25, -0.2) is 0 Å². The molecule has 0 amide bonds. The van der Waals surface area contributed by atoms with Crippen molar-refractivity contribution in [3.05, 3.63) is 92.1 Å². The van der Waals surface area contributed by atoms with Crippen molar-refractivity contribution in [1.29, 1.82) is 0 Å². The summed E-state index contributed by atoms with van der Waals surface area (Å²) < 4.78 is 18.2. The van der Waals surface area contributed by atoms with Crippen LogP contribution in [0.2, 0.25) is 5.54 Å². The molecule has 4 heteroatoms. The third-order valence-corrected chi connectivity index (χ3v) is 15.6. The molecule has 0 aliphatic heterocycles. The zero-order chi connectivity index (χ0) is 29.7. The molecule has 212 valence electrons. The number of allylic oxidation sites excluding steroid dienone is 4. The third kappa shape index (κ3) is 4.14. The first-order valence-corrected chi connectivity index (χ1v) is 16.3. The first kappa shape index (κ1) is 29.7. The Hall–Kier alpha value is -3.24. The molecule has 0 fully saturated rings. The molecule has 0 saturated carbocycles. The highest BCUT2D eigenvalue weighted by Gasteiger charge is 2.53. The summed E-state index contributed by atoms with van der Waals surface area (Å²) in [5.41, 5.74) is 13.1. The number of rotatable bonds is 7. The maximum atomic E-state index is 6.08. The molecule has 0 aromatic heterocycles. The van der Waals surface area contributed by atoms with Gasteiger partial charge in [-0.05, 0) is 129 Å². The van der Waals surface area contributed by atoms with Gasteiger partial charge in [0.25, 0.3) is 0 Å². The lowest BCUT2D eigenvalue weighted by Crippen LogP contribution is -2.72. The molecule has 40 heavy (non-hydrogen) atoms. The van der Waals surface area contributed by atoms with E-state index < -0.39 is 8.07 Å². The normalized spacial score (nSPS) is 14.3. The van der Waals surface area contributed by atoms with Crippen LogP contribution in [0.25, 0.3) is 0 Å². The van der Waals surface area contributed by atoms with Crippen LogP contribution in [0, 0.1) is 41.5 Å². The van der Waals surface area contributed by atoms with Crippen LogP contribution in [0.15, 0.2) is 58.7 Å². The molecule has 1 aliphatic rings. The first-order valence-electron chi connectivity index (χ1n) is 14.2.